The molecule has 0 saturated heterocycles. The van der Waals surface area contributed by atoms with Crippen LogP contribution in [0.1, 0.15) is 5.69 Å². The molecule has 1 aromatic heterocycles. The molecule has 0 atom stereocenters. The molecule has 0 aliphatic heterocycles. The Labute approximate surface area is 56.2 Å². The standard InChI is InChI=1S/C5H5NO4/c1-3-2-4(10-6-3)9-5(7)8/h2H,1H3,(H,7,8). The SMILES string of the molecule is Cc1cc(OC(=O)O)on1. The normalized spacial score (nSPS) is 9.30. The first-order valence-corrected chi connectivity index (χ1v) is 2.52. The van der Waals surface area contributed by atoms with Crippen LogP contribution in [0.15, 0.2) is 10.6 Å². The number of carbonyl (C=O) groups is 1. The third-order valence-corrected chi connectivity index (χ3v) is 0.794. The van der Waals surface area contributed by atoms with Gasteiger partial charge in [0.15, 0.2) is 0 Å². The van der Waals surface area contributed by atoms with Gasteiger partial charge in [0.25, 0.3) is 0 Å². The van der Waals surface area contributed by atoms with Crippen molar-refractivity contribution in [2.45, 2.75) is 6.92 Å². The molecule has 0 radical (unpaired) electrons. The third kappa shape index (κ3) is 1.48. The van der Waals surface area contributed by atoms with E-state index < -0.39 is 6.16 Å². The van der Waals surface area contributed by atoms with Gasteiger partial charge in [0.05, 0.1) is 5.69 Å². The summed E-state index contributed by atoms with van der Waals surface area (Å²) in [6.07, 6.45) is -1.41. The van der Waals surface area contributed by atoms with Crippen LogP contribution < -0.4 is 4.74 Å². The monoisotopic (exact) mass is 143 g/mol. The molecule has 1 N–H and O–H groups in total. The molecule has 0 aliphatic carbocycles. The quantitative estimate of drug-likeness (QED) is 0.594. The summed E-state index contributed by atoms with van der Waals surface area (Å²) in [5, 5.41) is 11.5. The zero-order valence-electron chi connectivity index (χ0n) is 5.20. The van der Waals surface area contributed by atoms with E-state index in [9.17, 15) is 4.79 Å². The molecule has 5 heteroatoms. The molecule has 1 heterocycles. The molecule has 1 rings (SSSR count). The van der Waals surface area contributed by atoms with Gasteiger partial charge < -0.3 is 14.4 Å². The van der Waals surface area contributed by atoms with Crippen LogP contribution in [0.25, 0.3) is 0 Å². The second kappa shape index (κ2) is 2.38. The van der Waals surface area contributed by atoms with E-state index in [-0.39, 0.29) is 5.95 Å². The Morgan fingerprint density at radius 2 is 2.60 bits per heavy atom. The summed E-state index contributed by atoms with van der Waals surface area (Å²) in [6.45, 7) is 1.66. The highest BCUT2D eigenvalue weighted by Crippen LogP contribution is 2.10. The van der Waals surface area contributed by atoms with E-state index in [1.165, 1.54) is 6.07 Å². The zero-order valence-corrected chi connectivity index (χ0v) is 5.20. The molecular formula is C5H5NO4. The number of nitrogens with zero attached hydrogens (tertiary/aromatic N) is 1. The maximum atomic E-state index is 9.87. The maximum Gasteiger partial charge on any atom is 0.513 e. The van der Waals surface area contributed by atoms with E-state index in [0.29, 0.717) is 5.69 Å². The summed E-state index contributed by atoms with van der Waals surface area (Å²) in [6, 6.07) is 1.38. The van der Waals surface area contributed by atoms with Gasteiger partial charge in [-0.2, -0.15) is 0 Å². The Bertz CT molecular complexity index is 242. The van der Waals surface area contributed by atoms with Crippen LogP contribution in [0.3, 0.4) is 0 Å². The van der Waals surface area contributed by atoms with Gasteiger partial charge in [-0.05, 0) is 6.92 Å². The van der Waals surface area contributed by atoms with Crippen LogP contribution in [0.2, 0.25) is 0 Å². The predicted octanol–water partition coefficient (Wildman–Crippen LogP) is 1.04. The van der Waals surface area contributed by atoms with E-state index in [0.717, 1.165) is 0 Å². The van der Waals surface area contributed by atoms with Crippen LogP contribution in [0, 0.1) is 6.92 Å². The van der Waals surface area contributed by atoms with Crippen molar-refractivity contribution < 1.29 is 19.2 Å². The van der Waals surface area contributed by atoms with Gasteiger partial charge in [0.2, 0.25) is 0 Å². The average molecular weight is 143 g/mol. The number of carboxylic acid groups (broad SMARTS) is 1. The number of rotatable bonds is 1. The first-order chi connectivity index (χ1) is 4.68. The lowest BCUT2D eigenvalue weighted by Gasteiger charge is -1.87. The topological polar surface area (TPSA) is 72.6 Å². The Balaban J connectivity index is 2.67. The fraction of sp³-hybridized carbons (Fsp3) is 0.200. The van der Waals surface area contributed by atoms with Crippen molar-refractivity contribution in [3.63, 3.8) is 0 Å². The van der Waals surface area contributed by atoms with Crippen molar-refractivity contribution in [3.05, 3.63) is 11.8 Å². The fourth-order valence-corrected chi connectivity index (χ4v) is 0.474. The lowest BCUT2D eigenvalue weighted by Crippen LogP contribution is -2.01. The van der Waals surface area contributed by atoms with Gasteiger partial charge in [0.1, 0.15) is 0 Å². The number of ether oxygens (including phenoxy) is 1. The van der Waals surface area contributed by atoms with Crippen LogP contribution in [-0.4, -0.2) is 16.4 Å². The highest BCUT2D eigenvalue weighted by atomic mass is 16.7. The van der Waals surface area contributed by atoms with Gasteiger partial charge >= 0.3 is 12.1 Å². The number of aromatic nitrogens is 1. The van der Waals surface area contributed by atoms with Crippen LogP contribution in [0.5, 0.6) is 5.95 Å². The molecule has 0 saturated carbocycles. The zero-order chi connectivity index (χ0) is 7.56. The minimum absolute atomic E-state index is 0.106. The molecule has 0 bridgehead atoms. The van der Waals surface area contributed by atoms with Crippen molar-refractivity contribution in [2.24, 2.45) is 0 Å². The molecule has 0 unspecified atom stereocenters. The fourth-order valence-electron chi connectivity index (χ4n) is 0.474. The largest absolute Gasteiger partial charge is 0.513 e. The molecule has 5 nitrogen and oxygen atoms in total. The average Bonchev–Trinajstić information content (AvgIpc) is 2.13. The molecule has 0 fully saturated rings. The molecule has 54 valence electrons. The minimum atomic E-state index is -1.41. The Morgan fingerprint density at radius 3 is 3.00 bits per heavy atom. The lowest BCUT2D eigenvalue weighted by atomic mass is 10.5. The number of hydrogen-bond acceptors (Lipinski definition) is 4. The van der Waals surface area contributed by atoms with Gasteiger partial charge in [-0.3, -0.25) is 0 Å². The Kier molecular flexibility index (Phi) is 1.57. The Morgan fingerprint density at radius 1 is 1.90 bits per heavy atom. The summed E-state index contributed by atoms with van der Waals surface area (Å²) in [5.74, 6) is -0.106. The third-order valence-electron chi connectivity index (χ3n) is 0.794. The summed E-state index contributed by atoms with van der Waals surface area (Å²) in [4.78, 5) is 9.87. The van der Waals surface area contributed by atoms with Gasteiger partial charge in [-0.15, -0.1) is 0 Å². The molecule has 0 spiro atoms. The highest BCUT2D eigenvalue weighted by molar-refractivity contribution is 5.59. The first kappa shape index (κ1) is 6.60. The van der Waals surface area contributed by atoms with Crippen LogP contribution in [-0.2, 0) is 0 Å². The first-order valence-electron chi connectivity index (χ1n) is 2.52. The summed E-state index contributed by atoms with van der Waals surface area (Å²) >= 11 is 0. The minimum Gasteiger partial charge on any atom is -0.449 e. The van der Waals surface area contributed by atoms with Crippen LogP contribution in [0.4, 0.5) is 4.79 Å². The van der Waals surface area contributed by atoms with Crippen molar-refractivity contribution >= 4 is 6.16 Å². The van der Waals surface area contributed by atoms with E-state index in [4.69, 9.17) is 5.11 Å². The smallest absolute Gasteiger partial charge is 0.449 e. The lowest BCUT2D eigenvalue weighted by molar-refractivity contribution is 0.128. The van der Waals surface area contributed by atoms with Crippen molar-refractivity contribution in [2.75, 3.05) is 0 Å². The number of hydrogen-bond donors (Lipinski definition) is 1. The highest BCUT2D eigenvalue weighted by Gasteiger charge is 2.04. The second-order valence-electron chi connectivity index (χ2n) is 1.66. The van der Waals surface area contributed by atoms with E-state index in [1.807, 2.05) is 0 Å². The number of aryl methyl sites for hydroxylation is 1. The van der Waals surface area contributed by atoms with Crippen LogP contribution >= 0.6 is 0 Å². The summed E-state index contributed by atoms with van der Waals surface area (Å²) in [5.41, 5.74) is 0.580. The molecule has 0 aromatic carbocycles. The molecule has 0 aliphatic rings. The second-order valence-corrected chi connectivity index (χ2v) is 1.66. The van der Waals surface area contributed by atoms with Gasteiger partial charge in [0, 0.05) is 6.07 Å². The Hall–Kier alpha value is -1.52. The molecule has 0 amide bonds. The van der Waals surface area contributed by atoms with E-state index in [2.05, 4.69) is 14.4 Å². The molecule has 10 heavy (non-hydrogen) atoms. The van der Waals surface area contributed by atoms with Gasteiger partial charge in [-0.1, -0.05) is 5.16 Å². The maximum absolute atomic E-state index is 9.87. The van der Waals surface area contributed by atoms with E-state index in [1.54, 1.807) is 6.92 Å². The van der Waals surface area contributed by atoms with Crippen molar-refractivity contribution in [1.29, 1.82) is 0 Å². The molecule has 1 aromatic rings. The predicted molar refractivity (Wildman–Crippen MR) is 29.9 cm³/mol. The summed E-state index contributed by atoms with van der Waals surface area (Å²) in [7, 11) is 0. The van der Waals surface area contributed by atoms with Crippen molar-refractivity contribution in [1.82, 2.24) is 5.16 Å². The summed E-state index contributed by atoms with van der Waals surface area (Å²) < 4.78 is 8.54. The van der Waals surface area contributed by atoms with Crippen molar-refractivity contribution in [3.8, 4) is 5.95 Å². The molecular weight excluding hydrogens is 138 g/mol. The van der Waals surface area contributed by atoms with Gasteiger partial charge in [-0.25, -0.2) is 4.79 Å². The van der Waals surface area contributed by atoms with E-state index >= 15 is 0 Å².